The first-order valence-electron chi connectivity index (χ1n) is 9.89. The molecule has 0 saturated carbocycles. The predicted molar refractivity (Wildman–Crippen MR) is 128 cm³/mol. The molecular formula is C21H31BrN8. The second-order valence-electron chi connectivity index (χ2n) is 6.97. The van der Waals surface area contributed by atoms with Crippen LogP contribution in [0.25, 0.3) is 0 Å². The fourth-order valence-electron chi connectivity index (χ4n) is 3.23. The Balaban J connectivity index is 2.15. The molecular weight excluding hydrogens is 444 g/mol. The molecule has 0 amide bonds. The van der Waals surface area contributed by atoms with E-state index in [9.17, 15) is 0 Å². The first-order chi connectivity index (χ1) is 14.4. The smallest absolute Gasteiger partial charge is 0.190 e. The Bertz CT molecular complexity index is 794. The molecule has 0 atom stereocenters. The van der Waals surface area contributed by atoms with Gasteiger partial charge in [-0.1, -0.05) is 12.6 Å². The van der Waals surface area contributed by atoms with E-state index in [0.717, 1.165) is 43.0 Å². The number of piperidine rings is 1. The molecule has 0 aliphatic carbocycles. The van der Waals surface area contributed by atoms with Gasteiger partial charge >= 0.3 is 0 Å². The quantitative estimate of drug-likeness (QED) is 0.306. The number of allylic oxidation sites excluding steroid dienone is 2. The van der Waals surface area contributed by atoms with E-state index in [1.54, 1.807) is 24.5 Å². The minimum atomic E-state index is 0.342. The van der Waals surface area contributed by atoms with Crippen LogP contribution in [0, 0.1) is 11.3 Å². The third kappa shape index (κ3) is 7.29. The molecule has 1 aromatic rings. The molecule has 1 aromatic heterocycles. The van der Waals surface area contributed by atoms with Crippen LogP contribution in [-0.4, -0.2) is 67.0 Å². The molecule has 0 aromatic carbocycles. The van der Waals surface area contributed by atoms with Crippen molar-refractivity contribution in [3.05, 3.63) is 53.0 Å². The van der Waals surface area contributed by atoms with Gasteiger partial charge in [-0.15, -0.1) is 0 Å². The molecule has 2 heterocycles. The number of aliphatic imine (C=N–C) groups is 1. The average molecular weight is 475 g/mol. The molecule has 162 valence electrons. The lowest BCUT2D eigenvalue weighted by atomic mass is 9.91. The number of aromatic nitrogens is 1. The zero-order valence-electron chi connectivity index (χ0n) is 17.9. The van der Waals surface area contributed by atoms with Crippen molar-refractivity contribution in [3.8, 4) is 0 Å². The van der Waals surface area contributed by atoms with Gasteiger partial charge < -0.3 is 15.5 Å². The highest BCUT2D eigenvalue weighted by atomic mass is 79.9. The van der Waals surface area contributed by atoms with E-state index < -0.39 is 0 Å². The van der Waals surface area contributed by atoms with Crippen molar-refractivity contribution in [1.82, 2.24) is 25.5 Å². The third-order valence-electron chi connectivity index (χ3n) is 4.93. The van der Waals surface area contributed by atoms with Gasteiger partial charge in [-0.25, -0.2) is 0 Å². The Kier molecular flexibility index (Phi) is 9.53. The maximum Gasteiger partial charge on any atom is 0.190 e. The second kappa shape index (κ2) is 12.1. The molecule has 3 N–H and O–H groups in total. The molecule has 1 fully saturated rings. The number of nitrogens with zero attached hydrogens (tertiary/aromatic N) is 5. The van der Waals surface area contributed by atoms with E-state index in [1.165, 1.54) is 0 Å². The molecule has 1 saturated heterocycles. The lowest BCUT2D eigenvalue weighted by molar-refractivity contribution is 0.301. The van der Waals surface area contributed by atoms with E-state index >= 15 is 0 Å². The van der Waals surface area contributed by atoms with Gasteiger partial charge in [-0.05, 0) is 40.4 Å². The van der Waals surface area contributed by atoms with Crippen molar-refractivity contribution in [3.63, 3.8) is 0 Å². The Hall–Kier alpha value is -2.68. The molecule has 8 nitrogen and oxygen atoms in total. The number of hydrogen-bond acceptors (Lipinski definition) is 6. The van der Waals surface area contributed by atoms with Gasteiger partial charge in [0.2, 0.25) is 0 Å². The highest BCUT2D eigenvalue weighted by Crippen LogP contribution is 2.20. The van der Waals surface area contributed by atoms with E-state index in [-0.39, 0.29) is 0 Å². The van der Waals surface area contributed by atoms with Crippen molar-refractivity contribution in [2.75, 3.05) is 34.2 Å². The maximum atomic E-state index is 7.96. The van der Waals surface area contributed by atoms with Gasteiger partial charge in [0, 0.05) is 75.4 Å². The Morgan fingerprint density at radius 1 is 1.47 bits per heavy atom. The zero-order valence-corrected chi connectivity index (χ0v) is 19.5. The Labute approximate surface area is 187 Å². The van der Waals surface area contributed by atoms with Crippen LogP contribution in [-0.2, 0) is 6.54 Å². The van der Waals surface area contributed by atoms with Crippen molar-refractivity contribution in [2.24, 2.45) is 16.0 Å². The molecule has 1 aliphatic rings. The van der Waals surface area contributed by atoms with Crippen LogP contribution in [0.4, 0.5) is 0 Å². The fourth-order valence-corrected chi connectivity index (χ4v) is 3.32. The molecule has 1 aliphatic heterocycles. The first-order valence-corrected chi connectivity index (χ1v) is 10.7. The van der Waals surface area contributed by atoms with Crippen molar-refractivity contribution < 1.29 is 0 Å². The molecule has 0 bridgehead atoms. The number of likely N-dealkylation sites (tertiary alicyclic amines) is 1. The van der Waals surface area contributed by atoms with Crippen molar-refractivity contribution in [1.29, 1.82) is 5.41 Å². The third-order valence-corrected chi connectivity index (χ3v) is 5.13. The second-order valence-corrected chi connectivity index (χ2v) is 7.99. The molecule has 0 spiro atoms. The van der Waals surface area contributed by atoms with E-state index in [0.29, 0.717) is 22.9 Å². The normalized spacial score (nSPS) is 15.9. The van der Waals surface area contributed by atoms with Gasteiger partial charge in [0.1, 0.15) is 5.82 Å². The fraction of sp³-hybridized carbons (Fsp3) is 0.429. The van der Waals surface area contributed by atoms with Gasteiger partial charge in [0.25, 0.3) is 0 Å². The van der Waals surface area contributed by atoms with Crippen LogP contribution in [0.15, 0.2) is 57.6 Å². The molecule has 0 unspecified atom stereocenters. The van der Waals surface area contributed by atoms with Crippen molar-refractivity contribution >= 4 is 33.8 Å². The summed E-state index contributed by atoms with van der Waals surface area (Å²) in [4.78, 5) is 10.8. The number of hydrazone groups is 1. The molecule has 2 rings (SSSR count). The highest BCUT2D eigenvalue weighted by molar-refractivity contribution is 9.12. The minimum Gasteiger partial charge on any atom is -0.366 e. The molecule has 30 heavy (non-hydrogen) atoms. The number of nitrogens with one attached hydrogen (secondary N) is 3. The SMILES string of the molecule is C=C(Br)/C=N\N(C)/C(=C\C(=N/C)C1CCN(C(=N)NC)CC1)NCc1cccnc1. The van der Waals surface area contributed by atoms with Crippen molar-refractivity contribution in [2.45, 2.75) is 19.4 Å². The lowest BCUT2D eigenvalue weighted by Crippen LogP contribution is -2.44. The van der Waals surface area contributed by atoms with Crippen LogP contribution in [0.2, 0.25) is 0 Å². The lowest BCUT2D eigenvalue weighted by Gasteiger charge is -2.33. The van der Waals surface area contributed by atoms with Crippen LogP contribution < -0.4 is 10.6 Å². The summed E-state index contributed by atoms with van der Waals surface area (Å²) >= 11 is 3.31. The zero-order chi connectivity index (χ0) is 21.9. The summed E-state index contributed by atoms with van der Waals surface area (Å²) in [5.74, 6) is 1.66. The maximum absolute atomic E-state index is 7.96. The van der Waals surface area contributed by atoms with E-state index in [4.69, 9.17) is 5.41 Å². The summed E-state index contributed by atoms with van der Waals surface area (Å²) < 4.78 is 0.699. The predicted octanol–water partition coefficient (Wildman–Crippen LogP) is 2.78. The topological polar surface area (TPSA) is 92.0 Å². The van der Waals surface area contributed by atoms with Gasteiger partial charge in [0.15, 0.2) is 5.96 Å². The van der Waals surface area contributed by atoms with Gasteiger partial charge in [-0.2, -0.15) is 5.10 Å². The summed E-state index contributed by atoms with van der Waals surface area (Å²) in [5, 5.41) is 20.5. The standard InChI is InChI=1S/C21H31BrN8/c1-16(22)13-28-29(4)20(27-15-17-6-5-9-26-14-17)12-19(24-2)18-7-10-30(11-8-18)21(23)25-3/h5-6,9,12-14,18,27H,1,7-8,10-11,15H2,2-4H3,(H2,23,25)/b20-12-,24-19+,28-13-. The van der Waals surface area contributed by atoms with Crippen LogP contribution in [0.5, 0.6) is 0 Å². The monoisotopic (exact) mass is 474 g/mol. The van der Waals surface area contributed by atoms with Crippen LogP contribution in [0.1, 0.15) is 18.4 Å². The number of halogens is 1. The van der Waals surface area contributed by atoms with Crippen LogP contribution >= 0.6 is 15.9 Å². The number of guanidine groups is 1. The van der Waals surface area contributed by atoms with E-state index in [2.05, 4.69) is 59.2 Å². The van der Waals surface area contributed by atoms with Gasteiger partial charge in [-0.3, -0.25) is 20.4 Å². The highest BCUT2D eigenvalue weighted by Gasteiger charge is 2.24. The number of rotatable bonds is 8. The summed E-state index contributed by atoms with van der Waals surface area (Å²) in [6.07, 6.45) is 9.23. The summed E-state index contributed by atoms with van der Waals surface area (Å²) in [5.41, 5.74) is 2.11. The summed E-state index contributed by atoms with van der Waals surface area (Å²) in [6, 6.07) is 3.95. The van der Waals surface area contributed by atoms with Gasteiger partial charge in [0.05, 0.1) is 6.21 Å². The first kappa shape index (κ1) is 23.6. The average Bonchev–Trinajstić information content (AvgIpc) is 2.78. The molecule has 0 radical (unpaired) electrons. The largest absolute Gasteiger partial charge is 0.366 e. The Morgan fingerprint density at radius 2 is 2.20 bits per heavy atom. The Morgan fingerprint density at radius 3 is 2.77 bits per heavy atom. The van der Waals surface area contributed by atoms with Crippen LogP contribution in [0.3, 0.4) is 0 Å². The van der Waals surface area contributed by atoms with E-state index in [1.807, 2.05) is 32.4 Å². The number of hydrogen-bond donors (Lipinski definition) is 3. The summed E-state index contributed by atoms with van der Waals surface area (Å²) in [6.45, 7) is 6.11. The minimum absolute atomic E-state index is 0.342. The summed E-state index contributed by atoms with van der Waals surface area (Å²) in [7, 11) is 5.50. The number of pyridine rings is 1. The molecule has 9 heteroatoms.